The molecular weight excluding hydrogens is 253 g/mol. The zero-order chi connectivity index (χ0) is 13.8. The molecule has 0 radical (unpaired) electrons. The van der Waals surface area contributed by atoms with Crippen molar-refractivity contribution in [3.63, 3.8) is 0 Å². The monoisotopic (exact) mass is 263 g/mol. The van der Waals surface area contributed by atoms with E-state index < -0.39 is 10.7 Å². The lowest BCUT2D eigenvalue weighted by atomic mass is 10.3. The van der Waals surface area contributed by atoms with E-state index in [0.717, 1.165) is 6.20 Å². The van der Waals surface area contributed by atoms with Gasteiger partial charge < -0.3 is 10.6 Å². The van der Waals surface area contributed by atoms with Gasteiger partial charge in [0.05, 0.1) is 4.92 Å². The van der Waals surface area contributed by atoms with E-state index in [1.807, 2.05) is 0 Å². The summed E-state index contributed by atoms with van der Waals surface area (Å²) in [6, 6.07) is 5.41. The summed E-state index contributed by atoms with van der Waals surface area (Å²) in [4.78, 5) is 18.0. The smallest absolute Gasteiger partial charge is 0.329 e. The van der Waals surface area contributed by atoms with Gasteiger partial charge in [-0.3, -0.25) is 10.1 Å². The van der Waals surface area contributed by atoms with E-state index in [0.29, 0.717) is 5.69 Å². The fraction of sp³-hybridized carbons (Fsp3) is 0.0909. The van der Waals surface area contributed by atoms with Crippen molar-refractivity contribution in [3.8, 4) is 0 Å². The van der Waals surface area contributed by atoms with Gasteiger partial charge in [0.1, 0.15) is 12.0 Å². The third-order valence-electron chi connectivity index (χ3n) is 2.30. The second-order valence-corrected chi connectivity index (χ2v) is 3.57. The van der Waals surface area contributed by atoms with Crippen LogP contribution in [0.3, 0.4) is 0 Å². The highest BCUT2D eigenvalue weighted by atomic mass is 19.1. The minimum atomic E-state index is -0.592. The van der Waals surface area contributed by atoms with Crippen LogP contribution in [0.4, 0.5) is 27.5 Å². The quantitative estimate of drug-likeness (QED) is 0.649. The molecule has 0 aliphatic carbocycles. The van der Waals surface area contributed by atoms with E-state index in [1.165, 1.54) is 24.3 Å². The Morgan fingerprint density at radius 2 is 2.00 bits per heavy atom. The Kier molecular flexibility index (Phi) is 3.51. The lowest BCUT2D eigenvalue weighted by Crippen LogP contribution is -2.04. The lowest BCUT2D eigenvalue weighted by Gasteiger charge is -2.07. The number of nitro groups is 1. The minimum absolute atomic E-state index is 0.0379. The Balaban J connectivity index is 2.36. The van der Waals surface area contributed by atoms with Crippen molar-refractivity contribution in [1.29, 1.82) is 0 Å². The van der Waals surface area contributed by atoms with Gasteiger partial charge >= 0.3 is 5.69 Å². The fourth-order valence-electron chi connectivity index (χ4n) is 1.39. The topological polar surface area (TPSA) is 93.0 Å². The maximum absolute atomic E-state index is 12.8. The summed E-state index contributed by atoms with van der Waals surface area (Å²) in [7, 11) is 1.60. The van der Waals surface area contributed by atoms with Gasteiger partial charge in [0, 0.05) is 12.7 Å². The molecule has 0 saturated carbocycles. The van der Waals surface area contributed by atoms with Crippen LogP contribution in [0.15, 0.2) is 30.5 Å². The molecule has 0 amide bonds. The first kappa shape index (κ1) is 12.7. The van der Waals surface area contributed by atoms with Crippen LogP contribution in [0, 0.1) is 15.9 Å². The summed E-state index contributed by atoms with van der Waals surface area (Å²) >= 11 is 0. The van der Waals surface area contributed by atoms with Gasteiger partial charge in [-0.1, -0.05) is 0 Å². The van der Waals surface area contributed by atoms with Crippen LogP contribution in [0.1, 0.15) is 0 Å². The number of nitrogens with zero attached hydrogens (tertiary/aromatic N) is 3. The predicted octanol–water partition coefficient (Wildman–Crippen LogP) is 2.31. The molecule has 2 N–H and O–H groups in total. The highest BCUT2D eigenvalue weighted by Gasteiger charge is 2.17. The second kappa shape index (κ2) is 5.25. The van der Waals surface area contributed by atoms with Crippen molar-refractivity contribution in [2.45, 2.75) is 0 Å². The maximum atomic E-state index is 12.8. The number of halogens is 1. The number of hydrogen-bond donors (Lipinski definition) is 2. The predicted molar refractivity (Wildman–Crippen MR) is 67.9 cm³/mol. The van der Waals surface area contributed by atoms with Crippen molar-refractivity contribution in [2.24, 2.45) is 0 Å². The maximum Gasteiger partial charge on any atom is 0.329 e. The molecule has 1 heterocycles. The summed E-state index contributed by atoms with van der Waals surface area (Å²) in [6.45, 7) is 0. The molecule has 0 saturated heterocycles. The molecule has 0 unspecified atom stereocenters. The number of nitrogens with one attached hydrogen (secondary N) is 2. The summed E-state index contributed by atoms with van der Waals surface area (Å²) in [5.41, 5.74) is 0.230. The number of hydrogen-bond acceptors (Lipinski definition) is 6. The largest absolute Gasteiger partial charge is 0.357 e. The van der Waals surface area contributed by atoms with Gasteiger partial charge in [0.2, 0.25) is 11.8 Å². The molecule has 7 nitrogen and oxygen atoms in total. The van der Waals surface area contributed by atoms with Gasteiger partial charge in [-0.15, -0.1) is 0 Å². The van der Waals surface area contributed by atoms with E-state index in [4.69, 9.17) is 0 Å². The Morgan fingerprint density at radius 1 is 1.32 bits per heavy atom. The van der Waals surface area contributed by atoms with E-state index in [-0.39, 0.29) is 17.5 Å². The Hall–Kier alpha value is -2.77. The molecule has 2 rings (SSSR count). The number of benzene rings is 1. The van der Waals surface area contributed by atoms with E-state index in [9.17, 15) is 14.5 Å². The van der Waals surface area contributed by atoms with Crippen LogP contribution in [0.2, 0.25) is 0 Å². The number of rotatable bonds is 4. The average molecular weight is 263 g/mol. The fourth-order valence-corrected chi connectivity index (χ4v) is 1.39. The van der Waals surface area contributed by atoms with Crippen molar-refractivity contribution in [2.75, 3.05) is 17.7 Å². The first-order chi connectivity index (χ1) is 9.10. The molecule has 0 aliphatic rings. The Bertz CT molecular complexity index is 603. The first-order valence-corrected chi connectivity index (χ1v) is 5.32. The molecule has 0 spiro atoms. The van der Waals surface area contributed by atoms with Crippen molar-refractivity contribution >= 4 is 23.1 Å². The van der Waals surface area contributed by atoms with E-state index in [1.54, 1.807) is 7.05 Å². The van der Waals surface area contributed by atoms with Crippen LogP contribution >= 0.6 is 0 Å². The molecule has 0 aliphatic heterocycles. The SMILES string of the molecule is CNc1ncc([N+](=O)[O-])c(Nc2ccc(F)cc2)n1. The van der Waals surface area contributed by atoms with Gasteiger partial charge in [0.25, 0.3) is 0 Å². The molecule has 19 heavy (non-hydrogen) atoms. The van der Waals surface area contributed by atoms with Crippen LogP contribution in [0.5, 0.6) is 0 Å². The van der Waals surface area contributed by atoms with E-state index in [2.05, 4.69) is 20.6 Å². The minimum Gasteiger partial charge on any atom is -0.357 e. The van der Waals surface area contributed by atoms with Gasteiger partial charge in [-0.2, -0.15) is 4.98 Å². The zero-order valence-electron chi connectivity index (χ0n) is 9.92. The van der Waals surface area contributed by atoms with Crippen LogP contribution in [0.25, 0.3) is 0 Å². The van der Waals surface area contributed by atoms with Crippen LogP contribution in [-0.2, 0) is 0 Å². The molecule has 0 bridgehead atoms. The van der Waals surface area contributed by atoms with Crippen molar-refractivity contribution in [3.05, 3.63) is 46.4 Å². The normalized spacial score (nSPS) is 10.0. The summed E-state index contributed by atoms with van der Waals surface area (Å²) in [5.74, 6) is -0.107. The highest BCUT2D eigenvalue weighted by Crippen LogP contribution is 2.25. The molecule has 8 heteroatoms. The molecule has 98 valence electrons. The van der Waals surface area contributed by atoms with Crippen molar-refractivity contribution < 1.29 is 9.31 Å². The number of aromatic nitrogens is 2. The first-order valence-electron chi connectivity index (χ1n) is 5.32. The molecular formula is C11H10FN5O2. The van der Waals surface area contributed by atoms with Crippen molar-refractivity contribution in [1.82, 2.24) is 9.97 Å². The zero-order valence-corrected chi connectivity index (χ0v) is 9.92. The standard InChI is InChI=1S/C11H10FN5O2/c1-13-11-14-6-9(17(18)19)10(16-11)15-8-4-2-7(12)3-5-8/h2-6H,1H3,(H2,13,14,15,16). The Morgan fingerprint density at radius 3 is 2.58 bits per heavy atom. The van der Waals surface area contributed by atoms with Crippen LogP contribution < -0.4 is 10.6 Å². The number of anilines is 3. The summed E-state index contributed by atoms with van der Waals surface area (Å²) < 4.78 is 12.8. The molecule has 1 aromatic heterocycles. The highest BCUT2D eigenvalue weighted by molar-refractivity contribution is 5.65. The third-order valence-corrected chi connectivity index (χ3v) is 2.30. The molecule has 1 aromatic carbocycles. The van der Waals surface area contributed by atoms with Gasteiger partial charge in [0.15, 0.2) is 0 Å². The lowest BCUT2D eigenvalue weighted by molar-refractivity contribution is -0.384. The third kappa shape index (κ3) is 2.92. The summed E-state index contributed by atoms with van der Waals surface area (Å²) in [6.07, 6.45) is 1.10. The summed E-state index contributed by atoms with van der Waals surface area (Å²) in [5, 5.41) is 16.3. The molecule has 0 fully saturated rings. The second-order valence-electron chi connectivity index (χ2n) is 3.57. The van der Waals surface area contributed by atoms with Crippen LogP contribution in [-0.4, -0.2) is 21.9 Å². The van der Waals surface area contributed by atoms with Gasteiger partial charge in [-0.25, -0.2) is 9.37 Å². The average Bonchev–Trinajstić information content (AvgIpc) is 2.41. The van der Waals surface area contributed by atoms with E-state index >= 15 is 0 Å². The Labute approximate surface area is 107 Å². The van der Waals surface area contributed by atoms with Gasteiger partial charge in [-0.05, 0) is 24.3 Å². The molecule has 2 aromatic rings. The molecule has 0 atom stereocenters.